The molecule has 116 valence electrons. The molecule has 1 atom stereocenters. The number of benzene rings is 1. The lowest BCUT2D eigenvalue weighted by Gasteiger charge is -2.18. The molecule has 1 rings (SSSR count). The van der Waals surface area contributed by atoms with Crippen molar-refractivity contribution in [1.29, 1.82) is 0 Å². The van der Waals surface area contributed by atoms with Crippen LogP contribution in [0, 0.1) is 0 Å². The third-order valence-electron chi connectivity index (χ3n) is 3.11. The van der Waals surface area contributed by atoms with Crippen molar-refractivity contribution in [1.82, 2.24) is 15.5 Å². The van der Waals surface area contributed by atoms with Crippen LogP contribution in [-0.4, -0.2) is 37.5 Å². The van der Waals surface area contributed by atoms with E-state index in [4.69, 9.17) is 11.6 Å². The Morgan fingerprint density at radius 1 is 1.24 bits per heavy atom. The minimum absolute atomic E-state index is 0.0138. The molecule has 0 spiro atoms. The normalized spacial score (nSPS) is 11.6. The first-order valence-corrected chi connectivity index (χ1v) is 7.31. The lowest BCUT2D eigenvalue weighted by atomic mass is 10.1. The fraction of sp³-hybridized carbons (Fsp3) is 0.467. The van der Waals surface area contributed by atoms with Gasteiger partial charge in [0.2, 0.25) is 5.91 Å². The Balaban J connectivity index is 2.44. The van der Waals surface area contributed by atoms with Gasteiger partial charge in [0.1, 0.15) is 0 Å². The summed E-state index contributed by atoms with van der Waals surface area (Å²) in [6.45, 7) is 2.31. The van der Waals surface area contributed by atoms with E-state index in [1.165, 1.54) is 4.90 Å². The Morgan fingerprint density at radius 3 is 2.38 bits per heavy atom. The van der Waals surface area contributed by atoms with Crippen molar-refractivity contribution >= 4 is 23.5 Å². The van der Waals surface area contributed by atoms with E-state index in [0.717, 1.165) is 12.0 Å². The van der Waals surface area contributed by atoms with Gasteiger partial charge in [-0.2, -0.15) is 0 Å². The van der Waals surface area contributed by atoms with E-state index in [-0.39, 0.29) is 24.4 Å². The van der Waals surface area contributed by atoms with Crippen molar-refractivity contribution < 1.29 is 9.59 Å². The van der Waals surface area contributed by atoms with Crippen LogP contribution in [0.15, 0.2) is 24.3 Å². The van der Waals surface area contributed by atoms with Crippen molar-refractivity contribution in [2.45, 2.75) is 25.8 Å². The molecule has 0 aromatic heterocycles. The number of halogens is 1. The van der Waals surface area contributed by atoms with Gasteiger partial charge >= 0.3 is 6.03 Å². The first kappa shape index (κ1) is 17.3. The Hall–Kier alpha value is -1.75. The number of amides is 3. The number of nitrogens with zero attached hydrogens (tertiary/aromatic N) is 1. The molecule has 0 aliphatic carbocycles. The molecule has 0 radical (unpaired) electrons. The Morgan fingerprint density at radius 2 is 1.86 bits per heavy atom. The van der Waals surface area contributed by atoms with Crippen LogP contribution in [-0.2, 0) is 4.79 Å². The number of nitrogens with one attached hydrogen (secondary N) is 2. The van der Waals surface area contributed by atoms with Crippen LogP contribution < -0.4 is 10.6 Å². The minimum Gasteiger partial charge on any atom is -0.349 e. The van der Waals surface area contributed by atoms with Gasteiger partial charge in [-0.3, -0.25) is 4.79 Å². The van der Waals surface area contributed by atoms with E-state index < -0.39 is 0 Å². The second-order valence-corrected chi connectivity index (χ2v) is 5.39. The fourth-order valence-electron chi connectivity index (χ4n) is 1.83. The Labute approximate surface area is 130 Å². The van der Waals surface area contributed by atoms with Crippen LogP contribution in [0.25, 0.3) is 0 Å². The van der Waals surface area contributed by atoms with Crippen LogP contribution in [0.1, 0.15) is 31.4 Å². The zero-order chi connectivity index (χ0) is 15.8. The van der Waals surface area contributed by atoms with Crippen molar-refractivity contribution in [3.63, 3.8) is 0 Å². The first-order chi connectivity index (χ1) is 9.93. The van der Waals surface area contributed by atoms with Crippen molar-refractivity contribution in [3.05, 3.63) is 34.9 Å². The van der Waals surface area contributed by atoms with E-state index in [1.807, 2.05) is 19.1 Å². The summed E-state index contributed by atoms with van der Waals surface area (Å²) in [5.74, 6) is -0.0138. The molecule has 0 saturated heterocycles. The zero-order valence-corrected chi connectivity index (χ0v) is 13.4. The molecule has 6 heteroatoms. The van der Waals surface area contributed by atoms with Gasteiger partial charge in [0, 0.05) is 32.1 Å². The molecule has 3 amide bonds. The average molecular weight is 312 g/mol. The van der Waals surface area contributed by atoms with Crippen molar-refractivity contribution in [3.8, 4) is 0 Å². The third-order valence-corrected chi connectivity index (χ3v) is 3.36. The Kier molecular flexibility index (Phi) is 7.02. The van der Waals surface area contributed by atoms with Crippen LogP contribution in [0.4, 0.5) is 4.79 Å². The summed E-state index contributed by atoms with van der Waals surface area (Å²) in [6.07, 6.45) is 1.06. The number of urea groups is 1. The number of rotatable bonds is 6. The molecule has 0 aliphatic heterocycles. The smallest absolute Gasteiger partial charge is 0.315 e. The minimum atomic E-state index is -0.275. The van der Waals surface area contributed by atoms with E-state index in [1.54, 1.807) is 26.2 Å². The van der Waals surface area contributed by atoms with Crippen LogP contribution in [0.5, 0.6) is 0 Å². The molecular weight excluding hydrogens is 290 g/mol. The lowest BCUT2D eigenvalue weighted by Crippen LogP contribution is -2.39. The van der Waals surface area contributed by atoms with E-state index in [0.29, 0.717) is 11.6 Å². The van der Waals surface area contributed by atoms with Gasteiger partial charge in [-0.15, -0.1) is 0 Å². The molecule has 1 aromatic carbocycles. The molecule has 2 N–H and O–H groups in total. The maximum absolute atomic E-state index is 11.8. The van der Waals surface area contributed by atoms with E-state index in [9.17, 15) is 9.59 Å². The summed E-state index contributed by atoms with van der Waals surface area (Å²) in [4.78, 5) is 24.7. The molecule has 21 heavy (non-hydrogen) atoms. The lowest BCUT2D eigenvalue weighted by molar-refractivity contribution is -0.128. The highest BCUT2D eigenvalue weighted by Crippen LogP contribution is 2.18. The molecular formula is C15H22ClN3O2. The number of carbonyl (C=O) groups excluding carboxylic acids is 2. The standard InChI is InChI=1S/C15H22ClN3O2/c1-4-13(11-5-7-12(16)8-6-11)18-15(21)17-10-9-14(20)19(2)3/h5-8,13H,4,9-10H2,1-3H3,(H2,17,18,21). The van der Waals surface area contributed by atoms with Gasteiger partial charge in [0.05, 0.1) is 6.04 Å². The highest BCUT2D eigenvalue weighted by molar-refractivity contribution is 6.30. The quantitative estimate of drug-likeness (QED) is 0.848. The number of hydrogen-bond acceptors (Lipinski definition) is 2. The summed E-state index contributed by atoms with van der Waals surface area (Å²) in [5, 5.41) is 6.25. The molecule has 1 unspecified atom stereocenters. The van der Waals surface area contributed by atoms with Crippen LogP contribution >= 0.6 is 11.6 Å². The summed E-state index contributed by atoms with van der Waals surface area (Å²) < 4.78 is 0. The van der Waals surface area contributed by atoms with Gasteiger partial charge in [-0.1, -0.05) is 30.7 Å². The fourth-order valence-corrected chi connectivity index (χ4v) is 1.96. The highest BCUT2D eigenvalue weighted by Gasteiger charge is 2.12. The monoisotopic (exact) mass is 311 g/mol. The van der Waals surface area contributed by atoms with Gasteiger partial charge in [0.25, 0.3) is 0 Å². The van der Waals surface area contributed by atoms with Gasteiger partial charge in [-0.05, 0) is 24.1 Å². The third kappa shape index (κ3) is 6.04. The molecule has 1 aromatic rings. The van der Waals surface area contributed by atoms with E-state index >= 15 is 0 Å². The topological polar surface area (TPSA) is 61.4 Å². The summed E-state index contributed by atoms with van der Waals surface area (Å²) in [5.41, 5.74) is 1.00. The summed E-state index contributed by atoms with van der Waals surface area (Å²) >= 11 is 5.85. The highest BCUT2D eigenvalue weighted by atomic mass is 35.5. The second kappa shape index (κ2) is 8.52. The maximum Gasteiger partial charge on any atom is 0.315 e. The zero-order valence-electron chi connectivity index (χ0n) is 12.6. The van der Waals surface area contributed by atoms with Gasteiger partial charge < -0.3 is 15.5 Å². The van der Waals surface area contributed by atoms with Crippen LogP contribution in [0.2, 0.25) is 5.02 Å². The average Bonchev–Trinajstić information content (AvgIpc) is 2.45. The molecule has 0 heterocycles. The predicted octanol–water partition coefficient (Wildman–Crippen LogP) is 2.57. The number of carbonyl (C=O) groups is 2. The van der Waals surface area contributed by atoms with Crippen LogP contribution in [0.3, 0.4) is 0 Å². The summed E-state index contributed by atoms with van der Waals surface area (Å²) in [7, 11) is 3.38. The van der Waals surface area contributed by atoms with Crippen molar-refractivity contribution in [2.24, 2.45) is 0 Å². The predicted molar refractivity (Wildman–Crippen MR) is 84.3 cm³/mol. The van der Waals surface area contributed by atoms with Gasteiger partial charge in [0.15, 0.2) is 0 Å². The van der Waals surface area contributed by atoms with Crippen molar-refractivity contribution in [2.75, 3.05) is 20.6 Å². The first-order valence-electron chi connectivity index (χ1n) is 6.94. The second-order valence-electron chi connectivity index (χ2n) is 4.95. The largest absolute Gasteiger partial charge is 0.349 e. The summed E-state index contributed by atoms with van der Waals surface area (Å²) in [6, 6.07) is 7.04. The molecule has 0 saturated carbocycles. The molecule has 0 fully saturated rings. The molecule has 0 aliphatic rings. The Bertz CT molecular complexity index is 474. The number of hydrogen-bond donors (Lipinski definition) is 2. The maximum atomic E-state index is 11.8. The molecule has 0 bridgehead atoms. The van der Waals surface area contributed by atoms with E-state index in [2.05, 4.69) is 10.6 Å². The molecule has 5 nitrogen and oxygen atoms in total. The SMILES string of the molecule is CCC(NC(=O)NCCC(=O)N(C)C)c1ccc(Cl)cc1. The van der Waals surface area contributed by atoms with Gasteiger partial charge in [-0.25, -0.2) is 4.79 Å².